The minimum Gasteiger partial charge on any atom is -0.384 e. The second kappa shape index (κ2) is 8.29. The van der Waals surface area contributed by atoms with E-state index >= 15 is 0 Å². The average molecular weight is 301 g/mol. The number of hydrogen-bond acceptors (Lipinski definition) is 3. The number of anilines is 1. The molecule has 4 nitrogen and oxygen atoms in total. The van der Waals surface area contributed by atoms with Crippen LogP contribution in [0.4, 0.5) is 18.9 Å². The molecular weight excluding hydrogens is 287 g/mol. The van der Waals surface area contributed by atoms with E-state index in [1.807, 2.05) is 0 Å². The number of rotatable bonds is 5. The number of aliphatic hydroxyl groups is 1. The van der Waals surface area contributed by atoms with Gasteiger partial charge in [0.1, 0.15) is 13.2 Å². The van der Waals surface area contributed by atoms with Crippen molar-refractivity contribution in [3.8, 4) is 11.8 Å². The van der Waals surface area contributed by atoms with Crippen LogP contribution in [0, 0.1) is 11.8 Å². The highest BCUT2D eigenvalue weighted by atomic mass is 19.4. The number of alkyl halides is 3. The summed E-state index contributed by atoms with van der Waals surface area (Å²) >= 11 is 0. The van der Waals surface area contributed by atoms with Crippen LogP contribution >= 0.6 is 0 Å². The Morgan fingerprint density at radius 2 is 2.14 bits per heavy atom. The molecular formula is C14H14F3NO3. The Hall–Kier alpha value is -2.04. The lowest BCUT2D eigenvalue weighted by Gasteiger charge is -2.08. The van der Waals surface area contributed by atoms with E-state index in [0.29, 0.717) is 11.3 Å². The second-order valence-corrected chi connectivity index (χ2v) is 4.01. The van der Waals surface area contributed by atoms with E-state index in [2.05, 4.69) is 21.9 Å². The predicted molar refractivity (Wildman–Crippen MR) is 70.5 cm³/mol. The lowest BCUT2D eigenvalue weighted by Crippen LogP contribution is -2.20. The van der Waals surface area contributed by atoms with Crippen molar-refractivity contribution in [2.75, 3.05) is 25.1 Å². The van der Waals surface area contributed by atoms with Crippen molar-refractivity contribution in [3.63, 3.8) is 0 Å². The number of amides is 1. The van der Waals surface area contributed by atoms with Gasteiger partial charge in [-0.05, 0) is 18.2 Å². The Morgan fingerprint density at radius 3 is 2.81 bits per heavy atom. The summed E-state index contributed by atoms with van der Waals surface area (Å²) in [4.78, 5) is 11.5. The highest BCUT2D eigenvalue weighted by molar-refractivity contribution is 5.90. The molecule has 0 heterocycles. The Bertz CT molecular complexity index is 532. The summed E-state index contributed by atoms with van der Waals surface area (Å²) in [6.07, 6.45) is -4.57. The number of carbonyl (C=O) groups excluding carboxylic acids is 1. The van der Waals surface area contributed by atoms with Gasteiger partial charge in [-0.15, -0.1) is 0 Å². The number of halogens is 3. The topological polar surface area (TPSA) is 58.6 Å². The summed E-state index contributed by atoms with van der Waals surface area (Å²) in [5.41, 5.74) is 1.08. The molecule has 0 aliphatic carbocycles. The van der Waals surface area contributed by atoms with E-state index in [4.69, 9.17) is 5.11 Å². The van der Waals surface area contributed by atoms with Gasteiger partial charge >= 0.3 is 6.18 Å². The molecule has 7 heteroatoms. The fourth-order valence-corrected chi connectivity index (χ4v) is 1.39. The lowest BCUT2D eigenvalue weighted by molar-refractivity contribution is -0.174. The van der Waals surface area contributed by atoms with Crippen LogP contribution in [0.1, 0.15) is 12.0 Å². The summed E-state index contributed by atoms with van der Waals surface area (Å²) in [6.45, 7) is -1.95. The van der Waals surface area contributed by atoms with Crippen molar-refractivity contribution in [2.45, 2.75) is 12.6 Å². The van der Waals surface area contributed by atoms with Crippen molar-refractivity contribution in [2.24, 2.45) is 0 Å². The summed E-state index contributed by atoms with van der Waals surface area (Å²) in [5, 5.41) is 11.1. The van der Waals surface area contributed by atoms with E-state index in [-0.39, 0.29) is 19.6 Å². The van der Waals surface area contributed by atoms with Crippen LogP contribution in [0.25, 0.3) is 0 Å². The molecule has 0 aliphatic heterocycles. The molecule has 0 saturated heterocycles. The maximum atomic E-state index is 11.8. The molecule has 114 valence electrons. The van der Waals surface area contributed by atoms with Gasteiger partial charge in [-0.2, -0.15) is 13.2 Å². The van der Waals surface area contributed by atoms with Crippen molar-refractivity contribution < 1.29 is 27.8 Å². The van der Waals surface area contributed by atoms with Crippen LogP contribution in [0.5, 0.6) is 0 Å². The quantitative estimate of drug-likeness (QED) is 0.645. The van der Waals surface area contributed by atoms with E-state index in [0.717, 1.165) is 0 Å². The summed E-state index contributed by atoms with van der Waals surface area (Å²) in [7, 11) is 0. The van der Waals surface area contributed by atoms with Gasteiger partial charge in [0.15, 0.2) is 0 Å². The summed E-state index contributed by atoms with van der Waals surface area (Å²) in [5.74, 6) is 4.69. The fourth-order valence-electron chi connectivity index (χ4n) is 1.39. The van der Waals surface area contributed by atoms with Gasteiger partial charge in [0.25, 0.3) is 0 Å². The van der Waals surface area contributed by atoms with E-state index in [1.165, 1.54) is 0 Å². The van der Waals surface area contributed by atoms with E-state index < -0.39 is 18.7 Å². The van der Waals surface area contributed by atoms with Crippen LogP contribution in [-0.2, 0) is 9.53 Å². The van der Waals surface area contributed by atoms with Crippen LogP contribution in [0.15, 0.2) is 24.3 Å². The number of hydrogen-bond donors (Lipinski definition) is 2. The van der Waals surface area contributed by atoms with Crippen LogP contribution < -0.4 is 5.32 Å². The van der Waals surface area contributed by atoms with Gasteiger partial charge in [-0.3, -0.25) is 4.79 Å². The molecule has 1 amide bonds. The first-order valence-electron chi connectivity index (χ1n) is 6.05. The minimum atomic E-state index is -4.39. The summed E-state index contributed by atoms with van der Waals surface area (Å²) < 4.78 is 39.8. The molecule has 0 spiro atoms. The van der Waals surface area contributed by atoms with Crippen LogP contribution in [-0.4, -0.2) is 37.0 Å². The van der Waals surface area contributed by atoms with E-state index in [9.17, 15) is 18.0 Å². The largest absolute Gasteiger partial charge is 0.411 e. The van der Waals surface area contributed by atoms with Crippen molar-refractivity contribution in [3.05, 3.63) is 29.8 Å². The first-order valence-corrected chi connectivity index (χ1v) is 6.05. The molecule has 0 atom stereocenters. The fraction of sp³-hybridized carbons (Fsp3) is 0.357. The standard InChI is InChI=1S/C14H14F3NO3/c15-14(16,17)10-21-8-6-13(20)18-12-5-1-3-11(9-12)4-2-7-19/h1,3,5,9,19H,6-8,10H2,(H,18,20). The number of benzene rings is 1. The first-order chi connectivity index (χ1) is 9.90. The monoisotopic (exact) mass is 301 g/mol. The molecule has 0 saturated carbocycles. The molecule has 0 aromatic heterocycles. The van der Waals surface area contributed by atoms with Gasteiger partial charge in [0.05, 0.1) is 13.0 Å². The molecule has 0 radical (unpaired) electrons. The van der Waals surface area contributed by atoms with Gasteiger partial charge in [0, 0.05) is 11.3 Å². The lowest BCUT2D eigenvalue weighted by atomic mass is 10.2. The molecule has 0 aliphatic rings. The molecule has 0 fully saturated rings. The third-order valence-electron chi connectivity index (χ3n) is 2.20. The highest BCUT2D eigenvalue weighted by Crippen LogP contribution is 2.14. The predicted octanol–water partition coefficient (Wildman–Crippen LogP) is 1.94. The third kappa shape index (κ3) is 7.97. The Morgan fingerprint density at radius 1 is 1.38 bits per heavy atom. The van der Waals surface area contributed by atoms with Crippen LogP contribution in [0.3, 0.4) is 0 Å². The molecule has 1 rings (SSSR count). The third-order valence-corrected chi connectivity index (χ3v) is 2.20. The zero-order chi connectivity index (χ0) is 15.7. The Balaban J connectivity index is 2.41. The van der Waals surface area contributed by atoms with Crippen LogP contribution in [0.2, 0.25) is 0 Å². The molecule has 0 bridgehead atoms. The zero-order valence-electron chi connectivity index (χ0n) is 11.0. The highest BCUT2D eigenvalue weighted by Gasteiger charge is 2.27. The second-order valence-electron chi connectivity index (χ2n) is 4.01. The van der Waals surface area contributed by atoms with Crippen molar-refractivity contribution >= 4 is 11.6 Å². The Kier molecular flexibility index (Phi) is 6.72. The number of aliphatic hydroxyl groups excluding tert-OH is 1. The van der Waals surface area contributed by atoms with Gasteiger partial charge in [-0.1, -0.05) is 17.9 Å². The summed E-state index contributed by atoms with van der Waals surface area (Å²) in [6, 6.07) is 6.58. The Labute approximate surface area is 119 Å². The van der Waals surface area contributed by atoms with Gasteiger partial charge in [-0.25, -0.2) is 0 Å². The zero-order valence-corrected chi connectivity index (χ0v) is 11.0. The number of carbonyl (C=O) groups is 1. The smallest absolute Gasteiger partial charge is 0.384 e. The molecule has 21 heavy (non-hydrogen) atoms. The minimum absolute atomic E-state index is 0.178. The number of ether oxygens (including phenoxy) is 1. The SMILES string of the molecule is O=C(CCOCC(F)(F)F)Nc1cccc(C#CCO)c1. The maximum Gasteiger partial charge on any atom is 0.411 e. The number of nitrogens with one attached hydrogen (secondary N) is 1. The molecule has 0 unspecified atom stereocenters. The first kappa shape index (κ1) is 17.0. The molecule has 1 aromatic carbocycles. The van der Waals surface area contributed by atoms with E-state index in [1.54, 1.807) is 24.3 Å². The van der Waals surface area contributed by atoms with Crippen molar-refractivity contribution in [1.82, 2.24) is 0 Å². The molecule has 1 aromatic rings. The van der Waals surface area contributed by atoms with Gasteiger partial charge in [0.2, 0.25) is 5.91 Å². The van der Waals surface area contributed by atoms with Crippen molar-refractivity contribution in [1.29, 1.82) is 0 Å². The maximum absolute atomic E-state index is 11.8. The normalized spacial score (nSPS) is 10.7. The van der Waals surface area contributed by atoms with Gasteiger partial charge < -0.3 is 15.2 Å². The molecule has 2 N–H and O–H groups in total. The average Bonchev–Trinajstić information content (AvgIpc) is 2.41.